The molecule has 0 aliphatic rings. The van der Waals surface area contributed by atoms with E-state index in [4.69, 9.17) is 0 Å². The van der Waals surface area contributed by atoms with Crippen molar-refractivity contribution in [2.45, 2.75) is 6.92 Å². The van der Waals surface area contributed by atoms with Crippen molar-refractivity contribution in [3.8, 4) is 0 Å². The monoisotopic (exact) mass is 240 g/mol. The topological polar surface area (TPSA) is 113 Å². The smallest absolute Gasteiger partial charge is 0.338 e. The fourth-order valence-corrected chi connectivity index (χ4v) is 1.30. The SMILES string of the molecule is COC(=O)c1cc([N+](=O)[O-])cc([N+](=O)[O-])c1C. The summed E-state index contributed by atoms with van der Waals surface area (Å²) < 4.78 is 4.40. The van der Waals surface area contributed by atoms with Gasteiger partial charge in [-0.1, -0.05) is 0 Å². The average molecular weight is 240 g/mol. The number of hydrogen-bond acceptors (Lipinski definition) is 6. The maximum Gasteiger partial charge on any atom is 0.338 e. The van der Waals surface area contributed by atoms with Gasteiger partial charge < -0.3 is 4.74 Å². The van der Waals surface area contributed by atoms with Crippen LogP contribution in [-0.2, 0) is 4.74 Å². The predicted molar refractivity (Wildman–Crippen MR) is 55.8 cm³/mol. The molecule has 0 amide bonds. The first-order valence-electron chi connectivity index (χ1n) is 4.40. The molecule has 0 N–H and O–H groups in total. The van der Waals surface area contributed by atoms with Gasteiger partial charge in [-0.25, -0.2) is 4.79 Å². The lowest BCUT2D eigenvalue weighted by atomic mass is 10.1. The van der Waals surface area contributed by atoms with Crippen LogP contribution in [0.5, 0.6) is 0 Å². The number of nitrogens with zero attached hydrogens (tertiary/aromatic N) is 2. The van der Waals surface area contributed by atoms with Crippen LogP contribution in [0.3, 0.4) is 0 Å². The zero-order valence-corrected chi connectivity index (χ0v) is 9.00. The summed E-state index contributed by atoms with van der Waals surface area (Å²) in [6.07, 6.45) is 0. The van der Waals surface area contributed by atoms with E-state index in [0.29, 0.717) is 0 Å². The number of methoxy groups -OCH3 is 1. The Morgan fingerprint density at radius 2 is 1.82 bits per heavy atom. The second-order valence-electron chi connectivity index (χ2n) is 3.14. The van der Waals surface area contributed by atoms with Crippen LogP contribution in [0.1, 0.15) is 15.9 Å². The Morgan fingerprint density at radius 1 is 1.24 bits per heavy atom. The van der Waals surface area contributed by atoms with Crippen molar-refractivity contribution < 1.29 is 19.4 Å². The van der Waals surface area contributed by atoms with Crippen LogP contribution >= 0.6 is 0 Å². The molecule has 0 fully saturated rings. The fraction of sp³-hybridized carbons (Fsp3) is 0.222. The number of benzene rings is 1. The Hall–Kier alpha value is -2.51. The Balaban J connectivity index is 3.54. The second-order valence-corrected chi connectivity index (χ2v) is 3.14. The van der Waals surface area contributed by atoms with E-state index in [1.54, 1.807) is 0 Å². The number of carbonyl (C=O) groups is 1. The normalized spacial score (nSPS) is 9.76. The minimum Gasteiger partial charge on any atom is -0.465 e. The van der Waals surface area contributed by atoms with Gasteiger partial charge in [-0.2, -0.15) is 0 Å². The molecule has 0 spiro atoms. The molecule has 8 nitrogen and oxygen atoms in total. The lowest BCUT2D eigenvalue weighted by molar-refractivity contribution is -0.394. The van der Waals surface area contributed by atoms with Gasteiger partial charge in [0.15, 0.2) is 0 Å². The first-order valence-corrected chi connectivity index (χ1v) is 4.40. The molecule has 0 atom stereocenters. The van der Waals surface area contributed by atoms with Crippen LogP contribution in [0.25, 0.3) is 0 Å². The number of non-ortho nitro benzene ring substituents is 1. The molecule has 1 rings (SSSR count). The molecule has 0 saturated heterocycles. The van der Waals surface area contributed by atoms with Crippen molar-refractivity contribution in [3.05, 3.63) is 43.5 Å². The third-order valence-electron chi connectivity index (χ3n) is 2.18. The molecule has 0 saturated carbocycles. The van der Waals surface area contributed by atoms with E-state index in [-0.39, 0.29) is 11.1 Å². The molecule has 0 bridgehead atoms. The van der Waals surface area contributed by atoms with E-state index >= 15 is 0 Å². The second kappa shape index (κ2) is 4.56. The van der Waals surface area contributed by atoms with E-state index in [1.165, 1.54) is 6.92 Å². The van der Waals surface area contributed by atoms with Gasteiger partial charge in [0, 0.05) is 11.6 Å². The first-order chi connectivity index (χ1) is 7.88. The van der Waals surface area contributed by atoms with Crippen LogP contribution in [-0.4, -0.2) is 22.9 Å². The highest BCUT2D eigenvalue weighted by molar-refractivity contribution is 5.93. The van der Waals surface area contributed by atoms with E-state index in [2.05, 4.69) is 4.74 Å². The highest BCUT2D eigenvalue weighted by atomic mass is 16.6. The average Bonchev–Trinajstić information content (AvgIpc) is 2.27. The maximum atomic E-state index is 11.3. The highest BCUT2D eigenvalue weighted by Crippen LogP contribution is 2.28. The van der Waals surface area contributed by atoms with Gasteiger partial charge in [0.2, 0.25) is 0 Å². The number of carbonyl (C=O) groups excluding carboxylic acids is 1. The Bertz CT molecular complexity index is 510. The zero-order valence-electron chi connectivity index (χ0n) is 9.00. The summed E-state index contributed by atoms with van der Waals surface area (Å²) in [4.78, 5) is 31.0. The van der Waals surface area contributed by atoms with Gasteiger partial charge in [0.1, 0.15) is 0 Å². The number of esters is 1. The van der Waals surface area contributed by atoms with Crippen molar-refractivity contribution in [2.24, 2.45) is 0 Å². The molecule has 1 aromatic carbocycles. The molecule has 0 radical (unpaired) electrons. The summed E-state index contributed by atoms with van der Waals surface area (Å²) in [6, 6.07) is 1.76. The molecule has 0 aliphatic heterocycles. The Morgan fingerprint density at radius 3 is 2.24 bits per heavy atom. The van der Waals surface area contributed by atoms with Crippen LogP contribution in [0.2, 0.25) is 0 Å². The largest absolute Gasteiger partial charge is 0.465 e. The Labute approximate surface area is 95.1 Å². The summed E-state index contributed by atoms with van der Waals surface area (Å²) in [5, 5.41) is 21.3. The van der Waals surface area contributed by atoms with Gasteiger partial charge in [-0.3, -0.25) is 20.2 Å². The van der Waals surface area contributed by atoms with Crippen LogP contribution < -0.4 is 0 Å². The zero-order chi connectivity index (χ0) is 13.2. The van der Waals surface area contributed by atoms with Crippen LogP contribution in [0, 0.1) is 27.2 Å². The molecule has 0 unspecified atom stereocenters. The van der Waals surface area contributed by atoms with E-state index in [1.807, 2.05) is 0 Å². The van der Waals surface area contributed by atoms with Gasteiger partial charge in [-0.05, 0) is 6.92 Å². The summed E-state index contributed by atoms with van der Waals surface area (Å²) >= 11 is 0. The highest BCUT2D eigenvalue weighted by Gasteiger charge is 2.24. The number of nitro benzene ring substituents is 2. The van der Waals surface area contributed by atoms with Crippen molar-refractivity contribution in [3.63, 3.8) is 0 Å². The lowest BCUT2D eigenvalue weighted by Gasteiger charge is -2.04. The minimum absolute atomic E-state index is 0.0347. The summed E-state index contributed by atoms with van der Waals surface area (Å²) in [7, 11) is 1.09. The van der Waals surface area contributed by atoms with Crippen molar-refractivity contribution in [1.82, 2.24) is 0 Å². The van der Waals surface area contributed by atoms with Gasteiger partial charge >= 0.3 is 5.97 Å². The van der Waals surface area contributed by atoms with Gasteiger partial charge in [0.25, 0.3) is 11.4 Å². The quantitative estimate of drug-likeness (QED) is 0.450. The van der Waals surface area contributed by atoms with Crippen molar-refractivity contribution >= 4 is 17.3 Å². The summed E-state index contributed by atoms with van der Waals surface area (Å²) in [6.45, 7) is 1.33. The standard InChI is InChI=1S/C9H8N2O6/c1-5-7(9(12)17-2)3-6(10(13)14)4-8(5)11(15)16/h3-4H,1-2H3. The molecule has 0 heterocycles. The fourth-order valence-electron chi connectivity index (χ4n) is 1.30. The summed E-state index contributed by atoms with van der Waals surface area (Å²) in [5.41, 5.74) is -1.16. The molecular weight excluding hydrogens is 232 g/mol. The number of hydrogen-bond donors (Lipinski definition) is 0. The molecule has 8 heteroatoms. The van der Waals surface area contributed by atoms with E-state index in [0.717, 1.165) is 19.2 Å². The predicted octanol–water partition coefficient (Wildman–Crippen LogP) is 1.60. The molecule has 1 aromatic rings. The van der Waals surface area contributed by atoms with Crippen LogP contribution in [0.4, 0.5) is 11.4 Å². The minimum atomic E-state index is -0.852. The molecule has 0 aromatic heterocycles. The molecular formula is C9H8N2O6. The molecule has 90 valence electrons. The molecule has 17 heavy (non-hydrogen) atoms. The Kier molecular flexibility index (Phi) is 3.37. The number of ether oxygens (including phenoxy) is 1. The maximum absolute atomic E-state index is 11.3. The van der Waals surface area contributed by atoms with Crippen LogP contribution in [0.15, 0.2) is 12.1 Å². The number of nitro groups is 2. The first kappa shape index (κ1) is 12.6. The number of rotatable bonds is 3. The third-order valence-corrected chi connectivity index (χ3v) is 2.18. The lowest BCUT2D eigenvalue weighted by Crippen LogP contribution is -2.07. The van der Waals surface area contributed by atoms with Crippen molar-refractivity contribution in [2.75, 3.05) is 7.11 Å². The summed E-state index contributed by atoms with van der Waals surface area (Å²) in [5.74, 6) is -0.852. The van der Waals surface area contributed by atoms with Crippen molar-refractivity contribution in [1.29, 1.82) is 0 Å². The third kappa shape index (κ3) is 2.36. The van der Waals surface area contributed by atoms with E-state index < -0.39 is 27.2 Å². The van der Waals surface area contributed by atoms with Gasteiger partial charge in [0.05, 0.1) is 28.6 Å². The molecule has 0 aliphatic carbocycles. The van der Waals surface area contributed by atoms with E-state index in [9.17, 15) is 25.0 Å². The van der Waals surface area contributed by atoms with Gasteiger partial charge in [-0.15, -0.1) is 0 Å².